The predicted molar refractivity (Wildman–Crippen MR) is 58.3 cm³/mol. The zero-order valence-electron chi connectivity index (χ0n) is 9.55. The lowest BCUT2D eigenvalue weighted by molar-refractivity contribution is 0.190. The van der Waals surface area contributed by atoms with Crippen molar-refractivity contribution in [1.29, 1.82) is 0 Å². The fraction of sp³-hybridized carbons (Fsp3) is 0.909. The van der Waals surface area contributed by atoms with Gasteiger partial charge in [-0.05, 0) is 25.2 Å². The summed E-state index contributed by atoms with van der Waals surface area (Å²) >= 11 is 0. The van der Waals surface area contributed by atoms with Gasteiger partial charge in [0, 0.05) is 19.1 Å². The number of hydrogen-bond acceptors (Lipinski definition) is 1. The summed E-state index contributed by atoms with van der Waals surface area (Å²) in [6.45, 7) is 8.09. The summed E-state index contributed by atoms with van der Waals surface area (Å²) in [6.07, 6.45) is 3.41. The van der Waals surface area contributed by atoms with Crippen LogP contribution >= 0.6 is 0 Å². The molecule has 0 aromatic carbocycles. The number of carbonyl (C=O) groups is 1. The summed E-state index contributed by atoms with van der Waals surface area (Å²) in [4.78, 5) is 13.7. The van der Waals surface area contributed by atoms with Crippen molar-refractivity contribution in [3.8, 4) is 0 Å². The minimum atomic E-state index is 0.128. The molecule has 1 aliphatic rings. The fourth-order valence-corrected chi connectivity index (χ4v) is 1.92. The molecule has 3 nitrogen and oxygen atoms in total. The molecule has 1 rings (SSSR count). The van der Waals surface area contributed by atoms with E-state index in [4.69, 9.17) is 0 Å². The third-order valence-corrected chi connectivity index (χ3v) is 2.77. The molecule has 0 bridgehead atoms. The standard InChI is InChI=1S/C11H22N2O/c1-4-10-6-5-7-13(10)11(14)12-8-9(2)3/h9-10H,4-8H2,1-3H3,(H,12,14). The van der Waals surface area contributed by atoms with E-state index >= 15 is 0 Å². The van der Waals surface area contributed by atoms with Crippen LogP contribution in [0.3, 0.4) is 0 Å². The smallest absolute Gasteiger partial charge is 0.317 e. The number of urea groups is 1. The third-order valence-electron chi connectivity index (χ3n) is 2.77. The molecule has 14 heavy (non-hydrogen) atoms. The summed E-state index contributed by atoms with van der Waals surface area (Å²) in [7, 11) is 0. The van der Waals surface area contributed by atoms with Gasteiger partial charge in [-0.1, -0.05) is 20.8 Å². The van der Waals surface area contributed by atoms with E-state index in [1.807, 2.05) is 4.90 Å². The van der Waals surface area contributed by atoms with Crippen molar-refractivity contribution < 1.29 is 4.79 Å². The second-order valence-electron chi connectivity index (χ2n) is 4.48. The first-order chi connectivity index (χ1) is 6.65. The Morgan fingerprint density at radius 2 is 2.29 bits per heavy atom. The van der Waals surface area contributed by atoms with Crippen molar-refractivity contribution in [1.82, 2.24) is 10.2 Å². The van der Waals surface area contributed by atoms with Crippen molar-refractivity contribution in [2.45, 2.75) is 46.1 Å². The largest absolute Gasteiger partial charge is 0.338 e. The molecule has 0 saturated carbocycles. The van der Waals surface area contributed by atoms with Gasteiger partial charge in [0.15, 0.2) is 0 Å². The van der Waals surface area contributed by atoms with Gasteiger partial charge >= 0.3 is 6.03 Å². The van der Waals surface area contributed by atoms with Gasteiger partial charge in [-0.2, -0.15) is 0 Å². The molecular weight excluding hydrogens is 176 g/mol. The van der Waals surface area contributed by atoms with Crippen LogP contribution in [-0.4, -0.2) is 30.1 Å². The molecule has 1 saturated heterocycles. The van der Waals surface area contributed by atoms with Crippen molar-refractivity contribution >= 4 is 6.03 Å². The zero-order chi connectivity index (χ0) is 10.6. The second kappa shape index (κ2) is 5.23. The van der Waals surface area contributed by atoms with Crippen LogP contribution in [0.5, 0.6) is 0 Å². The van der Waals surface area contributed by atoms with Gasteiger partial charge in [0.2, 0.25) is 0 Å². The Balaban J connectivity index is 2.35. The highest BCUT2D eigenvalue weighted by molar-refractivity contribution is 5.74. The number of carbonyl (C=O) groups excluding carboxylic acids is 1. The SMILES string of the molecule is CCC1CCCN1C(=O)NCC(C)C. The Hall–Kier alpha value is -0.730. The van der Waals surface area contributed by atoms with E-state index in [0.29, 0.717) is 12.0 Å². The maximum absolute atomic E-state index is 11.7. The molecule has 1 N–H and O–H groups in total. The molecule has 2 amide bonds. The van der Waals surface area contributed by atoms with Crippen LogP contribution in [0.4, 0.5) is 4.79 Å². The van der Waals surface area contributed by atoms with E-state index in [0.717, 1.165) is 25.9 Å². The number of hydrogen-bond donors (Lipinski definition) is 1. The van der Waals surface area contributed by atoms with Crippen LogP contribution in [-0.2, 0) is 0 Å². The van der Waals surface area contributed by atoms with Crippen molar-refractivity contribution in [2.75, 3.05) is 13.1 Å². The molecule has 0 aliphatic carbocycles. The Morgan fingerprint density at radius 1 is 1.57 bits per heavy atom. The van der Waals surface area contributed by atoms with Gasteiger partial charge in [0.1, 0.15) is 0 Å². The van der Waals surface area contributed by atoms with Crippen LogP contribution in [0, 0.1) is 5.92 Å². The molecule has 0 aromatic heterocycles. The molecule has 1 unspecified atom stereocenters. The third kappa shape index (κ3) is 2.89. The van der Waals surface area contributed by atoms with E-state index in [-0.39, 0.29) is 6.03 Å². The van der Waals surface area contributed by atoms with Gasteiger partial charge in [-0.3, -0.25) is 0 Å². The number of rotatable bonds is 3. The number of nitrogens with zero attached hydrogens (tertiary/aromatic N) is 1. The first-order valence-electron chi connectivity index (χ1n) is 5.69. The fourth-order valence-electron chi connectivity index (χ4n) is 1.92. The Bertz CT molecular complexity index is 192. The minimum Gasteiger partial charge on any atom is -0.338 e. The Kier molecular flexibility index (Phi) is 4.23. The molecule has 1 heterocycles. The van der Waals surface area contributed by atoms with Crippen molar-refractivity contribution in [2.24, 2.45) is 5.92 Å². The van der Waals surface area contributed by atoms with E-state index in [1.54, 1.807) is 0 Å². The lowest BCUT2D eigenvalue weighted by Gasteiger charge is -2.24. The van der Waals surface area contributed by atoms with Crippen LogP contribution in [0.2, 0.25) is 0 Å². The molecule has 0 radical (unpaired) electrons. The monoisotopic (exact) mass is 198 g/mol. The van der Waals surface area contributed by atoms with Crippen molar-refractivity contribution in [3.05, 3.63) is 0 Å². The summed E-state index contributed by atoms with van der Waals surface area (Å²) in [5.74, 6) is 0.529. The van der Waals surface area contributed by atoms with E-state index in [2.05, 4.69) is 26.1 Å². The lowest BCUT2D eigenvalue weighted by atomic mass is 10.2. The molecular formula is C11H22N2O. The Labute approximate surface area is 86.9 Å². The van der Waals surface area contributed by atoms with Gasteiger partial charge < -0.3 is 10.2 Å². The maximum Gasteiger partial charge on any atom is 0.317 e. The highest BCUT2D eigenvalue weighted by Crippen LogP contribution is 2.19. The molecule has 0 spiro atoms. The summed E-state index contributed by atoms with van der Waals surface area (Å²) < 4.78 is 0. The topological polar surface area (TPSA) is 32.3 Å². The van der Waals surface area contributed by atoms with Crippen molar-refractivity contribution in [3.63, 3.8) is 0 Å². The lowest BCUT2D eigenvalue weighted by Crippen LogP contribution is -2.43. The molecule has 1 fully saturated rings. The first-order valence-corrected chi connectivity index (χ1v) is 5.69. The second-order valence-corrected chi connectivity index (χ2v) is 4.48. The van der Waals surface area contributed by atoms with Gasteiger partial charge in [0.25, 0.3) is 0 Å². The number of amides is 2. The Morgan fingerprint density at radius 3 is 2.86 bits per heavy atom. The average Bonchev–Trinajstić information content (AvgIpc) is 2.61. The summed E-state index contributed by atoms with van der Waals surface area (Å²) in [5, 5.41) is 2.98. The molecule has 1 atom stereocenters. The normalized spacial score (nSPS) is 21.7. The van der Waals surface area contributed by atoms with Gasteiger partial charge in [-0.15, -0.1) is 0 Å². The average molecular weight is 198 g/mol. The highest BCUT2D eigenvalue weighted by Gasteiger charge is 2.26. The number of likely N-dealkylation sites (tertiary alicyclic amines) is 1. The number of nitrogens with one attached hydrogen (secondary N) is 1. The van der Waals surface area contributed by atoms with Gasteiger partial charge in [-0.25, -0.2) is 4.79 Å². The van der Waals surface area contributed by atoms with Crippen LogP contribution in [0.15, 0.2) is 0 Å². The predicted octanol–water partition coefficient (Wildman–Crippen LogP) is 2.23. The quantitative estimate of drug-likeness (QED) is 0.741. The molecule has 0 aromatic rings. The minimum absolute atomic E-state index is 0.128. The van der Waals surface area contributed by atoms with E-state index in [9.17, 15) is 4.79 Å². The molecule has 82 valence electrons. The maximum atomic E-state index is 11.7. The summed E-state index contributed by atoms with van der Waals surface area (Å²) in [5.41, 5.74) is 0. The van der Waals surface area contributed by atoms with Crippen LogP contribution < -0.4 is 5.32 Å². The highest BCUT2D eigenvalue weighted by atomic mass is 16.2. The van der Waals surface area contributed by atoms with Gasteiger partial charge in [0.05, 0.1) is 0 Å². The van der Waals surface area contributed by atoms with Crippen LogP contribution in [0.1, 0.15) is 40.0 Å². The summed E-state index contributed by atoms with van der Waals surface area (Å²) in [6, 6.07) is 0.602. The van der Waals surface area contributed by atoms with Crippen LogP contribution in [0.25, 0.3) is 0 Å². The van der Waals surface area contributed by atoms with E-state index < -0.39 is 0 Å². The molecule has 1 aliphatic heterocycles. The first kappa shape index (κ1) is 11.3. The van der Waals surface area contributed by atoms with E-state index in [1.165, 1.54) is 6.42 Å². The molecule has 3 heteroatoms. The zero-order valence-corrected chi connectivity index (χ0v) is 9.55.